The second-order valence-electron chi connectivity index (χ2n) is 8.15. The van der Waals surface area contributed by atoms with Crippen molar-refractivity contribution in [2.75, 3.05) is 35.3 Å². The van der Waals surface area contributed by atoms with Gasteiger partial charge in [0.1, 0.15) is 29.4 Å². The van der Waals surface area contributed by atoms with E-state index in [-0.39, 0.29) is 10.7 Å². The van der Waals surface area contributed by atoms with Gasteiger partial charge in [-0.15, -0.1) is 0 Å². The molecule has 0 aliphatic rings. The molecule has 3 aromatic heterocycles. The van der Waals surface area contributed by atoms with Gasteiger partial charge in [0.15, 0.2) is 5.82 Å². The third kappa shape index (κ3) is 6.98. The summed E-state index contributed by atoms with van der Waals surface area (Å²) in [6.07, 6.45) is 4.68. The molecule has 3 heterocycles. The lowest BCUT2D eigenvalue weighted by atomic mass is 10.2. The monoisotopic (exact) mass is 552 g/mol. The average molecular weight is 554 g/mol. The summed E-state index contributed by atoms with van der Waals surface area (Å²) in [5.41, 5.74) is 2.32. The van der Waals surface area contributed by atoms with Crippen LogP contribution >= 0.6 is 35.0 Å². The zero-order chi connectivity index (χ0) is 26.2. The summed E-state index contributed by atoms with van der Waals surface area (Å²) in [5, 5.41) is 15.5. The quantitative estimate of drug-likeness (QED) is 0.170. The number of nitrogens with one attached hydrogen (secondary N) is 1. The topological polar surface area (TPSA) is 115 Å². The van der Waals surface area contributed by atoms with Crippen LogP contribution < -0.4 is 10.2 Å². The average Bonchev–Trinajstić information content (AvgIpc) is 3.26. The Kier molecular flexibility index (Phi) is 10.1. The van der Waals surface area contributed by atoms with Crippen LogP contribution in [0.5, 0.6) is 0 Å². The van der Waals surface area contributed by atoms with Crippen LogP contribution in [0.25, 0.3) is 0 Å². The molecular formula is C23H30Cl2N8O2S. The second kappa shape index (κ2) is 13.1. The van der Waals surface area contributed by atoms with Crippen LogP contribution in [0.4, 0.5) is 17.3 Å². The number of aromatic nitrogens is 5. The number of nitro groups is 1. The predicted octanol–water partition coefficient (Wildman–Crippen LogP) is 5.33. The van der Waals surface area contributed by atoms with E-state index in [0.717, 1.165) is 36.0 Å². The number of thioether (sulfide) groups is 1. The van der Waals surface area contributed by atoms with Crippen LogP contribution in [0.15, 0.2) is 18.5 Å². The van der Waals surface area contributed by atoms with Crippen LogP contribution in [0.1, 0.15) is 36.4 Å². The molecule has 36 heavy (non-hydrogen) atoms. The first-order valence-electron chi connectivity index (χ1n) is 11.6. The Bertz CT molecular complexity index is 1210. The van der Waals surface area contributed by atoms with Crippen LogP contribution in [-0.4, -0.2) is 54.5 Å². The third-order valence-electron chi connectivity index (χ3n) is 5.57. The highest BCUT2D eigenvalue weighted by molar-refractivity contribution is 7.99. The number of hydrogen-bond donors (Lipinski definition) is 1. The zero-order valence-electron chi connectivity index (χ0n) is 20.8. The van der Waals surface area contributed by atoms with Crippen molar-refractivity contribution in [1.29, 1.82) is 0 Å². The fraction of sp³-hybridized carbons (Fsp3) is 0.478. The highest BCUT2D eigenvalue weighted by Crippen LogP contribution is 2.29. The maximum atomic E-state index is 11.2. The molecule has 1 N–H and O–H groups in total. The lowest BCUT2D eigenvalue weighted by Gasteiger charge is -2.21. The van der Waals surface area contributed by atoms with Gasteiger partial charge >= 0.3 is 5.82 Å². The number of aryl methyl sites for hydroxylation is 3. The molecule has 0 bridgehead atoms. The molecule has 3 rings (SSSR count). The maximum absolute atomic E-state index is 11.2. The molecule has 0 fully saturated rings. The van der Waals surface area contributed by atoms with Crippen LogP contribution in [0.2, 0.25) is 10.0 Å². The maximum Gasteiger partial charge on any atom is 0.342 e. The fourth-order valence-corrected chi connectivity index (χ4v) is 5.06. The Balaban J connectivity index is 1.49. The molecule has 0 aliphatic carbocycles. The van der Waals surface area contributed by atoms with Gasteiger partial charge in [-0.25, -0.2) is 19.5 Å². The van der Waals surface area contributed by atoms with Crippen molar-refractivity contribution in [3.8, 4) is 0 Å². The Morgan fingerprint density at radius 2 is 1.97 bits per heavy atom. The van der Waals surface area contributed by atoms with Crippen LogP contribution in [-0.2, 0) is 19.5 Å². The fourth-order valence-electron chi connectivity index (χ4n) is 3.73. The van der Waals surface area contributed by atoms with Gasteiger partial charge in [-0.05, 0) is 37.0 Å². The molecule has 0 amide bonds. The third-order valence-corrected chi connectivity index (χ3v) is 7.48. The summed E-state index contributed by atoms with van der Waals surface area (Å²) >= 11 is 14.8. The second-order valence-corrected chi connectivity index (χ2v) is 10.1. The van der Waals surface area contributed by atoms with Crippen molar-refractivity contribution < 1.29 is 4.92 Å². The molecule has 0 aromatic carbocycles. The number of anilines is 2. The molecule has 0 atom stereocenters. The molecule has 0 radical (unpaired) electrons. The largest absolute Gasteiger partial charge is 0.373 e. The van der Waals surface area contributed by atoms with E-state index in [9.17, 15) is 10.1 Å². The van der Waals surface area contributed by atoms with Crippen molar-refractivity contribution in [3.05, 3.63) is 61.7 Å². The van der Waals surface area contributed by atoms with Crippen molar-refractivity contribution in [3.63, 3.8) is 0 Å². The predicted molar refractivity (Wildman–Crippen MR) is 147 cm³/mol. The minimum absolute atomic E-state index is 0.0528. The summed E-state index contributed by atoms with van der Waals surface area (Å²) in [5.74, 6) is 3.70. The van der Waals surface area contributed by atoms with Crippen molar-refractivity contribution in [2.24, 2.45) is 0 Å². The van der Waals surface area contributed by atoms with E-state index in [1.807, 2.05) is 33.9 Å². The molecule has 194 valence electrons. The molecular weight excluding hydrogens is 523 g/mol. The normalized spacial score (nSPS) is 11.1. The molecule has 10 nitrogen and oxygen atoms in total. The lowest BCUT2D eigenvalue weighted by molar-refractivity contribution is -0.392. The smallest absolute Gasteiger partial charge is 0.342 e. The summed E-state index contributed by atoms with van der Waals surface area (Å²) < 4.78 is 1.70. The molecule has 0 unspecified atom stereocenters. The van der Waals surface area contributed by atoms with Gasteiger partial charge in [-0.3, -0.25) is 4.98 Å². The highest BCUT2D eigenvalue weighted by Gasteiger charge is 2.18. The van der Waals surface area contributed by atoms with E-state index in [1.54, 1.807) is 22.5 Å². The summed E-state index contributed by atoms with van der Waals surface area (Å²) in [4.78, 5) is 30.1. The van der Waals surface area contributed by atoms with E-state index in [2.05, 4.69) is 30.2 Å². The van der Waals surface area contributed by atoms with Gasteiger partial charge < -0.3 is 20.3 Å². The van der Waals surface area contributed by atoms with E-state index in [1.165, 1.54) is 6.20 Å². The number of nitrogens with zero attached hydrogens (tertiary/aromatic N) is 7. The molecule has 0 aliphatic heterocycles. The van der Waals surface area contributed by atoms with Gasteiger partial charge in [-0.2, -0.15) is 11.8 Å². The zero-order valence-corrected chi connectivity index (χ0v) is 23.1. The van der Waals surface area contributed by atoms with E-state index in [0.29, 0.717) is 52.6 Å². The number of imidazole rings is 1. The van der Waals surface area contributed by atoms with E-state index >= 15 is 0 Å². The summed E-state index contributed by atoms with van der Waals surface area (Å²) in [6.45, 7) is 7.37. The van der Waals surface area contributed by atoms with Gasteiger partial charge in [0.2, 0.25) is 0 Å². The van der Waals surface area contributed by atoms with Crippen molar-refractivity contribution >= 4 is 52.3 Å². The van der Waals surface area contributed by atoms with E-state index in [4.69, 9.17) is 23.2 Å². The standard InChI is InChI=1S/C23H30Cl2N8O2S/c1-5-19-27-14-20(33(34)35)32(19)10-12-36-11-6-9-31(4)18-7-8-26-17(22(18)25)13-28-23-21(24)15(2)29-16(3)30-23/h7-8,14H,5-6,9-13H2,1-4H3,(H,28,29,30). The number of hydrogen-bond acceptors (Lipinski definition) is 9. The first kappa shape index (κ1) is 27.9. The van der Waals surface area contributed by atoms with Crippen molar-refractivity contribution in [1.82, 2.24) is 24.5 Å². The van der Waals surface area contributed by atoms with Crippen LogP contribution in [0, 0.1) is 24.0 Å². The lowest BCUT2D eigenvalue weighted by Crippen LogP contribution is -2.20. The number of rotatable bonds is 13. The molecule has 0 spiro atoms. The van der Waals surface area contributed by atoms with Crippen LogP contribution in [0.3, 0.4) is 0 Å². The van der Waals surface area contributed by atoms with Gasteiger partial charge in [0, 0.05) is 32.0 Å². The minimum Gasteiger partial charge on any atom is -0.373 e. The first-order chi connectivity index (χ1) is 17.2. The Labute approximate surface area is 225 Å². The Morgan fingerprint density at radius 3 is 2.69 bits per heavy atom. The number of halogens is 2. The van der Waals surface area contributed by atoms with Gasteiger partial charge in [0.05, 0.1) is 28.6 Å². The molecule has 3 aromatic rings. The molecule has 0 saturated heterocycles. The summed E-state index contributed by atoms with van der Waals surface area (Å²) in [6, 6.07) is 1.90. The van der Waals surface area contributed by atoms with Crippen molar-refractivity contribution in [2.45, 2.75) is 46.7 Å². The SMILES string of the molecule is CCc1ncc([N+](=O)[O-])n1CCSCCCN(C)c1ccnc(CNc2nc(C)nc(C)c2Cl)c1Cl. The Hall–Kier alpha value is -2.63. The molecule has 13 heteroatoms. The number of pyridine rings is 1. The Morgan fingerprint density at radius 1 is 1.19 bits per heavy atom. The highest BCUT2D eigenvalue weighted by atomic mass is 35.5. The molecule has 0 saturated carbocycles. The van der Waals surface area contributed by atoms with E-state index < -0.39 is 0 Å². The van der Waals surface area contributed by atoms with Gasteiger partial charge in [-0.1, -0.05) is 30.1 Å². The minimum atomic E-state index is -0.377. The van der Waals surface area contributed by atoms with Gasteiger partial charge in [0.25, 0.3) is 0 Å². The first-order valence-corrected chi connectivity index (χ1v) is 13.5. The summed E-state index contributed by atoms with van der Waals surface area (Å²) in [7, 11) is 2.00.